The molecule has 29 heavy (non-hydrogen) atoms. The van der Waals surface area contributed by atoms with Crippen LogP contribution in [0.25, 0.3) is 16.9 Å². The SMILES string of the molecule is O=c1[nH]c2c(n3ccnc13)C1(CCN(Cc3ccccc3)CC1)c1ccccc1-2. The lowest BCUT2D eigenvalue weighted by molar-refractivity contribution is 0.171. The monoisotopic (exact) mass is 382 g/mol. The second-order valence-electron chi connectivity index (χ2n) is 8.19. The first-order valence-corrected chi connectivity index (χ1v) is 10.2. The van der Waals surface area contributed by atoms with Crippen LogP contribution >= 0.6 is 0 Å². The van der Waals surface area contributed by atoms with E-state index in [1.165, 1.54) is 16.8 Å². The second kappa shape index (κ2) is 6.16. The van der Waals surface area contributed by atoms with Crippen molar-refractivity contribution < 1.29 is 0 Å². The Bertz CT molecular complexity index is 1260. The van der Waals surface area contributed by atoms with E-state index in [1.54, 1.807) is 6.20 Å². The van der Waals surface area contributed by atoms with Crippen molar-refractivity contribution in [2.45, 2.75) is 24.8 Å². The molecule has 1 N–H and O–H groups in total. The molecular weight excluding hydrogens is 360 g/mol. The van der Waals surface area contributed by atoms with Crippen LogP contribution in [0.4, 0.5) is 0 Å². The average Bonchev–Trinajstić information content (AvgIpc) is 3.34. The molecule has 2 aromatic heterocycles. The summed E-state index contributed by atoms with van der Waals surface area (Å²) in [5.41, 5.74) is 6.31. The van der Waals surface area contributed by atoms with Crippen LogP contribution in [-0.4, -0.2) is 32.4 Å². The largest absolute Gasteiger partial charge is 0.317 e. The van der Waals surface area contributed by atoms with Crippen molar-refractivity contribution in [1.82, 2.24) is 19.3 Å². The molecule has 1 aliphatic carbocycles. The minimum atomic E-state index is -0.123. The maximum atomic E-state index is 12.6. The van der Waals surface area contributed by atoms with Crippen molar-refractivity contribution in [2.24, 2.45) is 0 Å². The number of likely N-dealkylation sites (tertiary alicyclic amines) is 1. The molecule has 3 heterocycles. The van der Waals surface area contributed by atoms with Crippen molar-refractivity contribution >= 4 is 5.65 Å². The number of H-pyrrole nitrogens is 1. The zero-order valence-electron chi connectivity index (χ0n) is 16.1. The number of imidazole rings is 1. The van der Waals surface area contributed by atoms with Crippen molar-refractivity contribution in [2.75, 3.05) is 13.1 Å². The third kappa shape index (κ3) is 2.37. The van der Waals surface area contributed by atoms with E-state index in [9.17, 15) is 4.79 Å². The highest BCUT2D eigenvalue weighted by atomic mass is 16.1. The van der Waals surface area contributed by atoms with Gasteiger partial charge in [0.25, 0.3) is 5.56 Å². The van der Waals surface area contributed by atoms with E-state index in [-0.39, 0.29) is 11.0 Å². The molecule has 1 saturated heterocycles. The van der Waals surface area contributed by atoms with E-state index in [1.807, 2.05) is 10.6 Å². The van der Waals surface area contributed by atoms with Crippen LogP contribution < -0.4 is 5.56 Å². The molecule has 0 atom stereocenters. The minimum Gasteiger partial charge on any atom is -0.317 e. The van der Waals surface area contributed by atoms with Crippen LogP contribution in [0, 0.1) is 0 Å². The van der Waals surface area contributed by atoms with Gasteiger partial charge in [0.05, 0.1) is 11.4 Å². The lowest BCUT2D eigenvalue weighted by Crippen LogP contribution is -2.43. The van der Waals surface area contributed by atoms with Crippen LogP contribution in [0.2, 0.25) is 0 Å². The highest BCUT2D eigenvalue weighted by Crippen LogP contribution is 2.52. The van der Waals surface area contributed by atoms with Gasteiger partial charge in [-0.15, -0.1) is 0 Å². The summed E-state index contributed by atoms with van der Waals surface area (Å²) < 4.78 is 2.03. The number of piperidine rings is 1. The lowest BCUT2D eigenvalue weighted by Gasteiger charge is -2.40. The van der Waals surface area contributed by atoms with E-state index < -0.39 is 0 Å². The minimum absolute atomic E-state index is 0.0811. The summed E-state index contributed by atoms with van der Waals surface area (Å²) >= 11 is 0. The van der Waals surface area contributed by atoms with Crippen LogP contribution in [0.3, 0.4) is 0 Å². The van der Waals surface area contributed by atoms with Gasteiger partial charge in [-0.05, 0) is 37.1 Å². The topological polar surface area (TPSA) is 53.4 Å². The number of nitrogens with one attached hydrogen (secondary N) is 1. The fraction of sp³-hybridized carbons (Fsp3) is 0.250. The number of aromatic nitrogens is 3. The van der Waals surface area contributed by atoms with Crippen molar-refractivity contribution in [3.8, 4) is 11.3 Å². The van der Waals surface area contributed by atoms with Crippen LogP contribution in [0.1, 0.15) is 29.7 Å². The molecule has 144 valence electrons. The van der Waals surface area contributed by atoms with Crippen LogP contribution in [-0.2, 0) is 12.0 Å². The van der Waals surface area contributed by atoms with Crippen LogP contribution in [0.15, 0.2) is 71.8 Å². The number of hydrogen-bond acceptors (Lipinski definition) is 3. The van der Waals surface area contributed by atoms with E-state index in [2.05, 4.69) is 69.5 Å². The number of hydrogen-bond donors (Lipinski definition) is 1. The van der Waals surface area contributed by atoms with Crippen molar-refractivity contribution in [1.29, 1.82) is 0 Å². The molecule has 5 heteroatoms. The first-order chi connectivity index (χ1) is 14.3. The molecule has 2 aliphatic rings. The molecule has 1 aliphatic heterocycles. The molecule has 4 aromatic rings. The fourth-order valence-corrected chi connectivity index (χ4v) is 5.35. The summed E-state index contributed by atoms with van der Waals surface area (Å²) in [5, 5.41) is 0. The molecule has 5 nitrogen and oxygen atoms in total. The Balaban J connectivity index is 1.44. The number of fused-ring (bicyclic) bond motifs is 7. The predicted molar refractivity (Wildman–Crippen MR) is 113 cm³/mol. The first kappa shape index (κ1) is 16.7. The fourth-order valence-electron chi connectivity index (χ4n) is 5.35. The zero-order chi connectivity index (χ0) is 19.4. The molecule has 0 saturated carbocycles. The molecule has 1 spiro atoms. The smallest absolute Gasteiger partial charge is 0.292 e. The summed E-state index contributed by atoms with van der Waals surface area (Å²) in [6.07, 6.45) is 5.73. The van der Waals surface area contributed by atoms with Crippen molar-refractivity contribution in [3.63, 3.8) is 0 Å². The van der Waals surface area contributed by atoms with Gasteiger partial charge in [-0.25, -0.2) is 4.98 Å². The Labute approximate surface area is 168 Å². The molecule has 6 rings (SSSR count). The van der Waals surface area contributed by atoms with Crippen LogP contribution in [0.5, 0.6) is 0 Å². The summed E-state index contributed by atoms with van der Waals surface area (Å²) in [5.74, 6) is 0. The normalized spacial score (nSPS) is 17.5. The lowest BCUT2D eigenvalue weighted by atomic mass is 9.73. The van der Waals surface area contributed by atoms with E-state index >= 15 is 0 Å². The van der Waals surface area contributed by atoms with Gasteiger partial charge in [-0.2, -0.15) is 0 Å². The maximum Gasteiger partial charge on any atom is 0.292 e. The van der Waals surface area contributed by atoms with Gasteiger partial charge in [0.15, 0.2) is 0 Å². The van der Waals surface area contributed by atoms with Gasteiger partial charge in [0, 0.05) is 29.9 Å². The van der Waals surface area contributed by atoms with Crippen molar-refractivity contribution in [3.05, 3.63) is 94.2 Å². The summed E-state index contributed by atoms with van der Waals surface area (Å²) in [6, 6.07) is 19.2. The quantitative estimate of drug-likeness (QED) is 0.576. The van der Waals surface area contributed by atoms with Gasteiger partial charge >= 0.3 is 0 Å². The first-order valence-electron chi connectivity index (χ1n) is 10.2. The van der Waals surface area contributed by atoms with Gasteiger partial charge in [-0.1, -0.05) is 54.6 Å². The highest BCUT2D eigenvalue weighted by molar-refractivity contribution is 5.78. The molecule has 0 radical (unpaired) electrons. The molecule has 1 fully saturated rings. The second-order valence-corrected chi connectivity index (χ2v) is 8.19. The molecular formula is C24H22N4O. The molecule has 0 bridgehead atoms. The Morgan fingerprint density at radius 3 is 2.59 bits per heavy atom. The number of rotatable bonds is 2. The van der Waals surface area contributed by atoms with Gasteiger partial charge < -0.3 is 4.98 Å². The Kier molecular flexibility index (Phi) is 3.56. The van der Waals surface area contributed by atoms with Gasteiger partial charge in [-0.3, -0.25) is 14.1 Å². The van der Waals surface area contributed by atoms with E-state index in [0.29, 0.717) is 5.65 Å². The third-order valence-electron chi connectivity index (χ3n) is 6.68. The Morgan fingerprint density at radius 2 is 1.76 bits per heavy atom. The number of benzene rings is 2. The molecule has 0 amide bonds. The molecule has 2 aromatic carbocycles. The standard InChI is InChI=1S/C24H22N4O/c29-23-22-25-12-15-28(22)21-20(26-23)18-8-4-5-9-19(18)24(21)10-13-27(14-11-24)16-17-6-2-1-3-7-17/h1-9,12,15H,10-11,13-14,16H2,(H,26,29). The maximum absolute atomic E-state index is 12.6. The predicted octanol–water partition coefficient (Wildman–Crippen LogP) is 3.59. The van der Waals surface area contributed by atoms with Gasteiger partial charge in [0.2, 0.25) is 5.65 Å². The summed E-state index contributed by atoms with van der Waals surface area (Å²) in [4.78, 5) is 22.6. The molecule has 0 unspecified atom stereocenters. The summed E-state index contributed by atoms with van der Waals surface area (Å²) in [7, 11) is 0. The van der Waals surface area contributed by atoms with Gasteiger partial charge in [0.1, 0.15) is 0 Å². The summed E-state index contributed by atoms with van der Waals surface area (Å²) in [6.45, 7) is 3.04. The Morgan fingerprint density at radius 1 is 1.00 bits per heavy atom. The van der Waals surface area contributed by atoms with E-state index in [0.717, 1.165) is 43.7 Å². The average molecular weight is 382 g/mol. The highest BCUT2D eigenvalue weighted by Gasteiger charge is 2.47. The zero-order valence-corrected chi connectivity index (χ0v) is 16.1. The number of aromatic amines is 1. The third-order valence-corrected chi connectivity index (χ3v) is 6.68. The number of nitrogens with zero attached hydrogens (tertiary/aromatic N) is 3. The van der Waals surface area contributed by atoms with E-state index in [4.69, 9.17) is 0 Å². The Hall–Kier alpha value is -3.18.